The van der Waals surface area contributed by atoms with Gasteiger partial charge >= 0.3 is 34.0 Å². The summed E-state index contributed by atoms with van der Waals surface area (Å²) in [7, 11) is -4.65. The van der Waals surface area contributed by atoms with Crippen molar-refractivity contribution in [3.05, 3.63) is 0 Å². The van der Waals surface area contributed by atoms with Crippen LogP contribution in [-0.2, 0) is 37.7 Å². The summed E-state index contributed by atoms with van der Waals surface area (Å²) in [5, 5.41) is 42.7. The first-order chi connectivity index (χ1) is 12.1. The van der Waals surface area contributed by atoms with E-state index in [1.54, 1.807) is 0 Å². The summed E-state index contributed by atoms with van der Waals surface area (Å²) in [5.74, 6) is -3.57. The first-order valence-corrected chi connectivity index (χ1v) is 8.74. The van der Waals surface area contributed by atoms with Crippen molar-refractivity contribution in [2.45, 2.75) is 22.3 Å². The Kier molecular flexibility index (Phi) is 40.3. The Morgan fingerprint density at radius 1 is 0.828 bits per heavy atom. The Bertz CT molecular complexity index is 463. The van der Waals surface area contributed by atoms with Gasteiger partial charge in [-0.25, -0.2) is 15.4 Å². The van der Waals surface area contributed by atoms with Crippen LogP contribution in [0.4, 0.5) is 0 Å². The molecule has 0 aliphatic heterocycles. The van der Waals surface area contributed by atoms with Gasteiger partial charge < -0.3 is 20.1 Å². The minimum absolute atomic E-state index is 0. The van der Waals surface area contributed by atoms with E-state index < -0.39 is 53.3 Å². The van der Waals surface area contributed by atoms with Crippen LogP contribution in [-0.4, -0.2) is 87.6 Å². The lowest BCUT2D eigenvalue weighted by Crippen LogP contribution is -2.34. The summed E-state index contributed by atoms with van der Waals surface area (Å²) < 4.78 is 27.7. The molecule has 0 aliphatic carbocycles. The number of carboxylic acids is 3. The highest BCUT2D eigenvalue weighted by Crippen LogP contribution is 2.20. The van der Waals surface area contributed by atoms with Gasteiger partial charge in [0.1, 0.15) is 19.9 Å². The van der Waals surface area contributed by atoms with Gasteiger partial charge in [-0.1, -0.05) is 22.3 Å². The van der Waals surface area contributed by atoms with Crippen molar-refractivity contribution in [2.75, 3.05) is 32.2 Å². The third kappa shape index (κ3) is 37.5. The number of hydrogen-bond donors (Lipinski definition) is 6. The van der Waals surface area contributed by atoms with Gasteiger partial charge in [0, 0.05) is 9.35 Å². The van der Waals surface area contributed by atoms with Crippen LogP contribution in [0.15, 0.2) is 0 Å². The van der Waals surface area contributed by atoms with E-state index in [0.717, 1.165) is 4.90 Å². The lowest BCUT2D eigenvalue weighted by molar-refractivity contribution is -0.142. The average Bonchev–Trinajstić information content (AvgIpc) is 2.55. The fourth-order valence-corrected chi connectivity index (χ4v) is 1.94. The standard InChI is InChI=1S/C5H8NO7P.C3H6NO5P.CH2O.3CH4/c7-4(8)1-6(2-5(9)10)3-14(12)13-11;5-3(6)1-4-2-10(8)9-7;1-2;;;/h1-3H2,(H2-,7,8,9,10,11);4H,1-2H2,(H-,5,6,7);1H2;3*1H4/p+2. The van der Waals surface area contributed by atoms with Crippen molar-refractivity contribution >= 4 is 40.8 Å². The predicted molar refractivity (Wildman–Crippen MR) is 102 cm³/mol. The number of nitrogens with one attached hydrogen (secondary N) is 1. The smallest absolute Gasteiger partial charge is 0.480 e. The van der Waals surface area contributed by atoms with Crippen LogP contribution in [0.1, 0.15) is 22.3 Å². The van der Waals surface area contributed by atoms with E-state index in [0.29, 0.717) is 0 Å². The molecule has 6 N–H and O–H groups in total. The molecule has 0 spiro atoms. The van der Waals surface area contributed by atoms with Gasteiger partial charge in [0.05, 0.1) is 6.54 Å². The second-order valence-corrected chi connectivity index (χ2v) is 5.98. The van der Waals surface area contributed by atoms with E-state index in [1.165, 1.54) is 0 Å². The van der Waals surface area contributed by atoms with E-state index in [9.17, 15) is 23.5 Å². The van der Waals surface area contributed by atoms with Gasteiger partial charge in [-0.3, -0.25) is 19.7 Å². The molecule has 0 amide bonds. The largest absolute Gasteiger partial charge is 0.555 e. The lowest BCUT2D eigenvalue weighted by atomic mass is 10.5. The van der Waals surface area contributed by atoms with Gasteiger partial charge in [0.25, 0.3) is 0 Å². The van der Waals surface area contributed by atoms with Gasteiger partial charge in [-0.05, 0) is 9.13 Å². The highest BCUT2D eigenvalue weighted by atomic mass is 31.1. The van der Waals surface area contributed by atoms with Crippen LogP contribution in [0.3, 0.4) is 0 Å². The normalized spacial score (nSPS) is 9.48. The van der Waals surface area contributed by atoms with E-state index in [-0.39, 0.29) is 35.1 Å². The molecular formula is C12H30N2O13P2+2. The van der Waals surface area contributed by atoms with Crippen LogP contribution < -0.4 is 5.32 Å². The summed E-state index contributed by atoms with van der Waals surface area (Å²) in [6.07, 6.45) is -0.622. The number of hydrogen-bond acceptors (Lipinski definition) is 12. The lowest BCUT2D eigenvalue weighted by Gasteiger charge is -2.10. The molecule has 0 aromatic heterocycles. The van der Waals surface area contributed by atoms with E-state index >= 15 is 0 Å². The minimum atomic E-state index is -2.47. The van der Waals surface area contributed by atoms with E-state index in [1.807, 2.05) is 6.79 Å². The summed E-state index contributed by atoms with van der Waals surface area (Å²) in [6.45, 7) is 0.526. The Morgan fingerprint density at radius 2 is 1.21 bits per heavy atom. The number of rotatable bonds is 12. The number of nitrogens with zero attached hydrogens (tertiary/aromatic N) is 1. The molecule has 0 bridgehead atoms. The highest BCUT2D eigenvalue weighted by molar-refractivity contribution is 7.39. The molecule has 0 aromatic carbocycles. The van der Waals surface area contributed by atoms with Crippen molar-refractivity contribution < 1.29 is 63.5 Å². The van der Waals surface area contributed by atoms with Crippen molar-refractivity contribution in [2.24, 2.45) is 0 Å². The molecule has 0 saturated heterocycles. The molecule has 0 radical (unpaired) electrons. The maximum Gasteiger partial charge on any atom is 0.555 e. The van der Waals surface area contributed by atoms with Crippen LogP contribution >= 0.6 is 16.1 Å². The third-order valence-electron chi connectivity index (χ3n) is 1.73. The molecule has 2 atom stereocenters. The molecule has 0 saturated carbocycles. The van der Waals surface area contributed by atoms with Gasteiger partial charge in [-0.15, -0.1) is 0 Å². The molecule has 0 aromatic rings. The Labute approximate surface area is 169 Å². The van der Waals surface area contributed by atoms with Gasteiger partial charge in [0.15, 0.2) is 0 Å². The van der Waals surface area contributed by atoms with Crippen molar-refractivity contribution in [1.82, 2.24) is 10.2 Å². The first kappa shape index (κ1) is 41.4. The van der Waals surface area contributed by atoms with Crippen LogP contribution in [0.2, 0.25) is 0 Å². The SMILES string of the molecule is C.C.C.C=O.O=C(O)CN(CC(=O)O)C[P+](=O)OO.O=C(O)CNC[P+](=O)OO. The number of carbonyl (C=O) groups excluding carboxylic acids is 1. The second-order valence-electron chi connectivity index (χ2n) is 3.72. The zero-order valence-electron chi connectivity index (χ0n) is 13.1. The first-order valence-electron chi connectivity index (χ1n) is 6.02. The molecule has 0 rings (SSSR count). The number of carboxylic acid groups (broad SMARTS) is 3. The molecule has 17 heteroatoms. The van der Waals surface area contributed by atoms with Crippen molar-refractivity contribution in [1.29, 1.82) is 0 Å². The minimum Gasteiger partial charge on any atom is -0.480 e. The Balaban J connectivity index is -0.0000000792. The van der Waals surface area contributed by atoms with E-state index in [4.69, 9.17) is 30.6 Å². The molecule has 2 unspecified atom stereocenters. The zero-order valence-corrected chi connectivity index (χ0v) is 14.9. The highest BCUT2D eigenvalue weighted by Gasteiger charge is 2.26. The maximum absolute atomic E-state index is 10.6. The topological polar surface area (TPSA) is 237 Å². The van der Waals surface area contributed by atoms with Crippen LogP contribution in [0.25, 0.3) is 0 Å². The van der Waals surface area contributed by atoms with Crippen LogP contribution in [0.5, 0.6) is 0 Å². The van der Waals surface area contributed by atoms with Gasteiger partial charge in [-0.2, -0.15) is 0 Å². The molecule has 29 heavy (non-hydrogen) atoms. The molecule has 0 heterocycles. The summed E-state index contributed by atoms with van der Waals surface area (Å²) >= 11 is 0. The number of carbonyl (C=O) groups is 4. The maximum atomic E-state index is 10.6. The molecule has 0 aliphatic rings. The van der Waals surface area contributed by atoms with Crippen LogP contribution in [0, 0.1) is 0 Å². The number of aliphatic carboxylic acids is 3. The second kappa shape index (κ2) is 28.3. The summed E-state index contributed by atoms with van der Waals surface area (Å²) in [4.78, 5) is 39.1. The van der Waals surface area contributed by atoms with E-state index in [2.05, 4.69) is 14.7 Å². The Morgan fingerprint density at radius 3 is 1.48 bits per heavy atom. The zero-order chi connectivity index (χ0) is 21.1. The monoisotopic (exact) mass is 472 g/mol. The third-order valence-corrected chi connectivity index (χ3v) is 3.21. The summed E-state index contributed by atoms with van der Waals surface area (Å²) in [5.41, 5.74) is 0. The van der Waals surface area contributed by atoms with Gasteiger partial charge in [0.2, 0.25) is 12.6 Å². The Hall–Kier alpha value is -1.96. The fraction of sp³-hybridized carbons (Fsp3) is 0.667. The predicted octanol–water partition coefficient (Wildman–Crippen LogP) is 1.22. The van der Waals surface area contributed by atoms with Crippen molar-refractivity contribution in [3.8, 4) is 0 Å². The molecule has 0 fully saturated rings. The average molecular weight is 472 g/mol. The fourth-order valence-electron chi connectivity index (χ4n) is 1.01. The molecule has 15 nitrogen and oxygen atoms in total. The van der Waals surface area contributed by atoms with Crippen molar-refractivity contribution in [3.63, 3.8) is 0 Å². The molecule has 174 valence electrons. The summed E-state index contributed by atoms with van der Waals surface area (Å²) in [6, 6.07) is 0. The molecular weight excluding hydrogens is 442 g/mol. The quantitative estimate of drug-likeness (QED) is 0.133.